The zero-order chi connectivity index (χ0) is 13.2. The van der Waals surface area contributed by atoms with E-state index in [0.29, 0.717) is 18.7 Å². The minimum absolute atomic E-state index is 0.0967. The summed E-state index contributed by atoms with van der Waals surface area (Å²) in [5, 5.41) is 14.8. The van der Waals surface area contributed by atoms with E-state index in [1.54, 1.807) is 14.0 Å². The van der Waals surface area contributed by atoms with Crippen LogP contribution in [0.15, 0.2) is 0 Å². The van der Waals surface area contributed by atoms with Crippen molar-refractivity contribution in [3.63, 3.8) is 0 Å². The van der Waals surface area contributed by atoms with Crippen molar-refractivity contribution in [1.29, 1.82) is 0 Å². The van der Waals surface area contributed by atoms with Gasteiger partial charge in [-0.2, -0.15) is 5.10 Å². The molecule has 7 nitrogen and oxygen atoms in total. The predicted octanol–water partition coefficient (Wildman–Crippen LogP) is 1.50. The molecule has 0 unspecified atom stereocenters. The van der Waals surface area contributed by atoms with E-state index < -0.39 is 4.92 Å². The fraction of sp³-hybridized carbons (Fsp3) is 0.700. The molecule has 1 heterocycles. The van der Waals surface area contributed by atoms with Crippen molar-refractivity contribution in [2.24, 2.45) is 0 Å². The van der Waals surface area contributed by atoms with Crippen LogP contribution in [0.4, 0.5) is 11.5 Å². The van der Waals surface area contributed by atoms with E-state index in [1.165, 1.54) is 4.68 Å². The van der Waals surface area contributed by atoms with Crippen molar-refractivity contribution in [1.82, 2.24) is 9.78 Å². The second-order valence-corrected chi connectivity index (χ2v) is 4.51. The summed E-state index contributed by atoms with van der Waals surface area (Å²) in [6.07, 6.45) is 0.673. The Hall–Kier alpha value is -1.63. The van der Waals surface area contributed by atoms with E-state index in [4.69, 9.17) is 10.5 Å². The predicted molar refractivity (Wildman–Crippen MR) is 63.7 cm³/mol. The number of aromatic nitrogens is 2. The molecule has 1 rings (SSSR count). The van der Waals surface area contributed by atoms with Crippen LogP contribution in [0.2, 0.25) is 0 Å². The normalized spacial score (nSPS) is 11.8. The van der Waals surface area contributed by atoms with Crippen LogP contribution in [0, 0.1) is 17.0 Å². The van der Waals surface area contributed by atoms with Gasteiger partial charge in [0, 0.05) is 13.7 Å². The summed E-state index contributed by atoms with van der Waals surface area (Å²) >= 11 is 0. The largest absolute Gasteiger partial charge is 0.379 e. The summed E-state index contributed by atoms with van der Waals surface area (Å²) in [5.74, 6) is 0.0967. The van der Waals surface area contributed by atoms with Gasteiger partial charge in [-0.25, -0.2) is 4.68 Å². The molecule has 1 aromatic heterocycles. The van der Waals surface area contributed by atoms with Crippen molar-refractivity contribution in [2.75, 3.05) is 12.8 Å². The maximum Gasteiger partial charge on any atom is 0.333 e. The van der Waals surface area contributed by atoms with Gasteiger partial charge in [0.2, 0.25) is 5.82 Å². The number of nitrogens with zero attached hydrogens (tertiary/aromatic N) is 3. The van der Waals surface area contributed by atoms with Gasteiger partial charge < -0.3 is 10.5 Å². The Morgan fingerprint density at radius 2 is 2.18 bits per heavy atom. The maximum absolute atomic E-state index is 10.8. The number of ether oxygens (including phenoxy) is 1. The standard InChI is InChI=1S/C10H18N4O3/c1-7-8(14(15)16)9(11)13(12-7)6-5-10(2,3)17-4/h5-6,11H2,1-4H3. The minimum atomic E-state index is -0.504. The molecular weight excluding hydrogens is 224 g/mol. The summed E-state index contributed by atoms with van der Waals surface area (Å²) in [6, 6.07) is 0. The molecule has 0 aliphatic rings. The summed E-state index contributed by atoms with van der Waals surface area (Å²) in [4.78, 5) is 10.3. The summed E-state index contributed by atoms with van der Waals surface area (Å²) in [5.41, 5.74) is 5.61. The van der Waals surface area contributed by atoms with E-state index in [1.807, 2.05) is 13.8 Å². The van der Waals surface area contributed by atoms with E-state index in [9.17, 15) is 10.1 Å². The molecule has 0 radical (unpaired) electrons. The molecule has 0 aliphatic heterocycles. The lowest BCUT2D eigenvalue weighted by Gasteiger charge is -2.22. The number of methoxy groups -OCH3 is 1. The molecule has 0 bridgehead atoms. The SMILES string of the molecule is COC(C)(C)CCn1nc(C)c([N+](=O)[O-])c1N. The lowest BCUT2D eigenvalue weighted by Crippen LogP contribution is -2.25. The van der Waals surface area contributed by atoms with Crippen LogP contribution in [-0.4, -0.2) is 27.4 Å². The summed E-state index contributed by atoms with van der Waals surface area (Å²) in [6.45, 7) is 5.94. The van der Waals surface area contributed by atoms with Gasteiger partial charge in [0.05, 0.1) is 10.5 Å². The zero-order valence-corrected chi connectivity index (χ0v) is 10.6. The number of rotatable bonds is 5. The van der Waals surface area contributed by atoms with Crippen LogP contribution in [0.1, 0.15) is 26.0 Å². The molecule has 96 valence electrons. The lowest BCUT2D eigenvalue weighted by atomic mass is 10.1. The molecule has 2 N–H and O–H groups in total. The van der Waals surface area contributed by atoms with Gasteiger partial charge in [0.25, 0.3) is 0 Å². The number of nitrogens with two attached hydrogens (primary N) is 1. The highest BCUT2D eigenvalue weighted by Gasteiger charge is 2.24. The van der Waals surface area contributed by atoms with Crippen molar-refractivity contribution < 1.29 is 9.66 Å². The number of hydrogen-bond acceptors (Lipinski definition) is 5. The van der Waals surface area contributed by atoms with Gasteiger partial charge in [-0.05, 0) is 27.2 Å². The first kappa shape index (κ1) is 13.4. The average Bonchev–Trinajstić information content (AvgIpc) is 2.51. The monoisotopic (exact) mass is 242 g/mol. The third-order valence-electron chi connectivity index (χ3n) is 2.79. The molecule has 0 amide bonds. The molecule has 7 heteroatoms. The van der Waals surface area contributed by atoms with Crippen molar-refractivity contribution in [3.05, 3.63) is 15.8 Å². The topological polar surface area (TPSA) is 96.2 Å². The maximum atomic E-state index is 10.8. The van der Waals surface area contributed by atoms with E-state index in [0.717, 1.165) is 0 Å². The molecule has 0 saturated carbocycles. The van der Waals surface area contributed by atoms with E-state index in [2.05, 4.69) is 5.10 Å². The second kappa shape index (κ2) is 4.70. The van der Waals surface area contributed by atoms with Crippen molar-refractivity contribution in [3.8, 4) is 0 Å². The zero-order valence-electron chi connectivity index (χ0n) is 10.6. The van der Waals surface area contributed by atoms with Crippen LogP contribution in [0.5, 0.6) is 0 Å². The summed E-state index contributed by atoms with van der Waals surface area (Å²) in [7, 11) is 1.63. The number of hydrogen-bond donors (Lipinski definition) is 1. The van der Waals surface area contributed by atoms with Crippen LogP contribution < -0.4 is 5.73 Å². The van der Waals surface area contributed by atoms with Gasteiger partial charge in [-0.1, -0.05) is 0 Å². The Bertz CT molecular complexity index is 425. The van der Waals surface area contributed by atoms with Gasteiger partial charge in [-0.3, -0.25) is 10.1 Å². The van der Waals surface area contributed by atoms with Crippen LogP contribution >= 0.6 is 0 Å². The molecule has 0 atom stereocenters. The number of nitrogen functional groups attached to an aromatic ring is 1. The van der Waals surface area contributed by atoms with Crippen LogP contribution in [-0.2, 0) is 11.3 Å². The molecule has 0 aliphatic carbocycles. The molecule has 0 saturated heterocycles. The van der Waals surface area contributed by atoms with Gasteiger partial charge in [-0.15, -0.1) is 0 Å². The minimum Gasteiger partial charge on any atom is -0.379 e. The molecule has 17 heavy (non-hydrogen) atoms. The highest BCUT2D eigenvalue weighted by molar-refractivity contribution is 5.55. The Balaban J connectivity index is 2.87. The number of nitro groups is 1. The Labute approximate surface area is 99.7 Å². The number of aryl methyl sites for hydroxylation is 2. The lowest BCUT2D eigenvalue weighted by molar-refractivity contribution is -0.384. The molecule has 1 aromatic rings. The Kier molecular flexibility index (Phi) is 3.72. The first-order valence-corrected chi connectivity index (χ1v) is 5.31. The molecule has 0 fully saturated rings. The Morgan fingerprint density at radius 1 is 1.59 bits per heavy atom. The van der Waals surface area contributed by atoms with Crippen molar-refractivity contribution >= 4 is 11.5 Å². The quantitative estimate of drug-likeness (QED) is 0.623. The Morgan fingerprint density at radius 3 is 2.59 bits per heavy atom. The van der Waals surface area contributed by atoms with Gasteiger partial charge >= 0.3 is 5.69 Å². The van der Waals surface area contributed by atoms with Gasteiger partial charge in [0.1, 0.15) is 5.69 Å². The fourth-order valence-electron chi connectivity index (χ4n) is 1.46. The van der Waals surface area contributed by atoms with Crippen LogP contribution in [0.25, 0.3) is 0 Å². The third kappa shape index (κ3) is 2.94. The fourth-order valence-corrected chi connectivity index (χ4v) is 1.46. The first-order chi connectivity index (χ1) is 7.78. The van der Waals surface area contributed by atoms with Gasteiger partial charge in [0.15, 0.2) is 0 Å². The first-order valence-electron chi connectivity index (χ1n) is 5.31. The van der Waals surface area contributed by atoms with Crippen LogP contribution in [0.3, 0.4) is 0 Å². The third-order valence-corrected chi connectivity index (χ3v) is 2.79. The number of anilines is 1. The molecular formula is C10H18N4O3. The highest BCUT2D eigenvalue weighted by Crippen LogP contribution is 2.26. The smallest absolute Gasteiger partial charge is 0.333 e. The molecule has 0 aromatic carbocycles. The van der Waals surface area contributed by atoms with E-state index in [-0.39, 0.29) is 17.1 Å². The highest BCUT2D eigenvalue weighted by atomic mass is 16.6. The average molecular weight is 242 g/mol. The van der Waals surface area contributed by atoms with Crippen molar-refractivity contribution in [2.45, 2.75) is 39.3 Å². The summed E-state index contributed by atoms with van der Waals surface area (Å²) < 4.78 is 6.72. The van der Waals surface area contributed by atoms with E-state index >= 15 is 0 Å². The second-order valence-electron chi connectivity index (χ2n) is 4.51. The molecule has 0 spiro atoms.